The summed E-state index contributed by atoms with van der Waals surface area (Å²) in [6, 6.07) is 1.82. The van der Waals surface area contributed by atoms with Crippen molar-refractivity contribution in [3.05, 3.63) is 6.07 Å². The van der Waals surface area contributed by atoms with Gasteiger partial charge in [0.15, 0.2) is 5.82 Å². The zero-order chi connectivity index (χ0) is 13.0. The number of anilines is 2. The minimum Gasteiger partial charge on any atom is -0.465 e. The zero-order valence-electron chi connectivity index (χ0n) is 10.6. The second kappa shape index (κ2) is 5.72. The maximum Gasteiger partial charge on any atom is 0.320 e. The maximum absolute atomic E-state index is 11.4. The number of H-pyrrole nitrogens is 1. The molecule has 0 aromatic carbocycles. The van der Waals surface area contributed by atoms with Crippen LogP contribution in [0.15, 0.2) is 6.07 Å². The van der Waals surface area contributed by atoms with Crippen LogP contribution in [0.1, 0.15) is 6.92 Å². The van der Waals surface area contributed by atoms with Gasteiger partial charge in [-0.15, -0.1) is 0 Å². The number of nitrogens with zero attached hydrogens (tertiary/aromatic N) is 3. The first-order valence-corrected chi connectivity index (χ1v) is 6.13. The van der Waals surface area contributed by atoms with Crippen molar-refractivity contribution in [3.63, 3.8) is 0 Å². The molecule has 0 unspecified atom stereocenters. The van der Waals surface area contributed by atoms with Crippen molar-refractivity contribution in [1.29, 1.82) is 0 Å². The lowest BCUT2D eigenvalue weighted by molar-refractivity contribution is -0.144. The Labute approximate surface area is 106 Å². The lowest BCUT2D eigenvalue weighted by atomic mass is 10.3. The molecule has 18 heavy (non-hydrogen) atoms. The summed E-state index contributed by atoms with van der Waals surface area (Å²) in [5.41, 5.74) is 5.60. The van der Waals surface area contributed by atoms with Crippen LogP contribution in [0.25, 0.3) is 0 Å². The molecule has 2 rings (SSSR count). The van der Waals surface area contributed by atoms with E-state index in [2.05, 4.69) is 20.0 Å². The fraction of sp³-hybridized carbons (Fsp3) is 0.636. The van der Waals surface area contributed by atoms with Gasteiger partial charge in [-0.25, -0.2) is 0 Å². The molecule has 1 saturated heterocycles. The molecule has 0 aliphatic carbocycles. The van der Waals surface area contributed by atoms with E-state index in [1.807, 2.05) is 13.0 Å². The van der Waals surface area contributed by atoms with E-state index in [1.165, 1.54) is 0 Å². The summed E-state index contributed by atoms with van der Waals surface area (Å²) in [5.74, 6) is 1.28. The summed E-state index contributed by atoms with van der Waals surface area (Å²) >= 11 is 0. The number of carbonyl (C=O) groups excluding carboxylic acids is 1. The van der Waals surface area contributed by atoms with E-state index in [9.17, 15) is 4.79 Å². The lowest BCUT2D eigenvalue weighted by Gasteiger charge is -2.34. The fourth-order valence-electron chi connectivity index (χ4n) is 2.01. The molecule has 2 heterocycles. The average molecular weight is 253 g/mol. The number of nitrogen functional groups attached to an aromatic ring is 1. The Morgan fingerprint density at radius 1 is 1.50 bits per heavy atom. The molecule has 1 aliphatic heterocycles. The quantitative estimate of drug-likeness (QED) is 0.715. The van der Waals surface area contributed by atoms with Gasteiger partial charge in [0, 0.05) is 32.2 Å². The minimum atomic E-state index is -0.157. The number of hydrogen-bond donors (Lipinski definition) is 2. The van der Waals surface area contributed by atoms with E-state index in [0.717, 1.165) is 32.0 Å². The van der Waals surface area contributed by atoms with Crippen molar-refractivity contribution in [2.45, 2.75) is 6.92 Å². The Balaban J connectivity index is 1.79. The average Bonchev–Trinajstić information content (AvgIpc) is 2.77. The van der Waals surface area contributed by atoms with Gasteiger partial charge in [-0.2, -0.15) is 5.10 Å². The molecule has 0 saturated carbocycles. The second-order valence-electron chi connectivity index (χ2n) is 4.25. The van der Waals surface area contributed by atoms with Gasteiger partial charge >= 0.3 is 5.97 Å². The number of nitrogens with two attached hydrogens (primary N) is 1. The van der Waals surface area contributed by atoms with Crippen LogP contribution < -0.4 is 10.6 Å². The van der Waals surface area contributed by atoms with Gasteiger partial charge < -0.3 is 15.4 Å². The van der Waals surface area contributed by atoms with E-state index in [-0.39, 0.29) is 5.97 Å². The Hall–Kier alpha value is -1.76. The number of esters is 1. The van der Waals surface area contributed by atoms with E-state index in [0.29, 0.717) is 19.0 Å². The number of nitrogens with one attached hydrogen (secondary N) is 1. The molecular weight excluding hydrogens is 234 g/mol. The van der Waals surface area contributed by atoms with Crippen LogP contribution in [-0.4, -0.2) is 60.4 Å². The van der Waals surface area contributed by atoms with Crippen LogP contribution in [0.3, 0.4) is 0 Å². The normalized spacial score (nSPS) is 16.8. The summed E-state index contributed by atoms with van der Waals surface area (Å²) in [4.78, 5) is 15.6. The largest absolute Gasteiger partial charge is 0.465 e. The lowest BCUT2D eigenvalue weighted by Crippen LogP contribution is -2.48. The number of piperazine rings is 1. The van der Waals surface area contributed by atoms with Crippen molar-refractivity contribution in [1.82, 2.24) is 15.1 Å². The van der Waals surface area contributed by atoms with Crippen LogP contribution in [0, 0.1) is 0 Å². The Bertz CT molecular complexity index is 398. The van der Waals surface area contributed by atoms with Crippen molar-refractivity contribution >= 4 is 17.6 Å². The molecule has 0 atom stereocenters. The highest BCUT2D eigenvalue weighted by atomic mass is 16.5. The molecular formula is C11H19N5O2. The third-order valence-electron chi connectivity index (χ3n) is 2.94. The van der Waals surface area contributed by atoms with Gasteiger partial charge in [-0.3, -0.25) is 14.8 Å². The summed E-state index contributed by atoms with van der Waals surface area (Å²) in [6.07, 6.45) is 0. The Morgan fingerprint density at radius 3 is 2.78 bits per heavy atom. The Morgan fingerprint density at radius 2 is 2.22 bits per heavy atom. The molecule has 0 spiro atoms. The number of hydrogen-bond acceptors (Lipinski definition) is 6. The van der Waals surface area contributed by atoms with Gasteiger partial charge in [0.1, 0.15) is 5.82 Å². The van der Waals surface area contributed by atoms with Crippen molar-refractivity contribution in [3.8, 4) is 0 Å². The fourth-order valence-corrected chi connectivity index (χ4v) is 2.01. The molecule has 1 aliphatic rings. The van der Waals surface area contributed by atoms with Crippen molar-refractivity contribution in [2.24, 2.45) is 0 Å². The van der Waals surface area contributed by atoms with Crippen LogP contribution in [-0.2, 0) is 9.53 Å². The summed E-state index contributed by atoms with van der Waals surface area (Å²) in [7, 11) is 0. The summed E-state index contributed by atoms with van der Waals surface area (Å²) < 4.78 is 4.93. The molecule has 0 bridgehead atoms. The molecule has 7 heteroatoms. The molecule has 0 amide bonds. The third kappa shape index (κ3) is 3.13. The predicted octanol–water partition coefficient (Wildman–Crippen LogP) is -0.323. The number of aromatic nitrogens is 2. The maximum atomic E-state index is 11.4. The molecule has 0 radical (unpaired) electrons. The highest BCUT2D eigenvalue weighted by molar-refractivity contribution is 5.71. The van der Waals surface area contributed by atoms with E-state index in [4.69, 9.17) is 10.5 Å². The molecule has 100 valence electrons. The van der Waals surface area contributed by atoms with Gasteiger partial charge in [0.05, 0.1) is 13.2 Å². The van der Waals surface area contributed by atoms with Gasteiger partial charge in [-0.1, -0.05) is 0 Å². The van der Waals surface area contributed by atoms with E-state index < -0.39 is 0 Å². The molecule has 1 fully saturated rings. The van der Waals surface area contributed by atoms with E-state index in [1.54, 1.807) is 0 Å². The van der Waals surface area contributed by atoms with Crippen LogP contribution in [0.2, 0.25) is 0 Å². The number of rotatable bonds is 4. The first-order valence-electron chi connectivity index (χ1n) is 6.13. The Kier molecular flexibility index (Phi) is 4.03. The minimum absolute atomic E-state index is 0.157. The number of aromatic amines is 1. The monoisotopic (exact) mass is 253 g/mol. The van der Waals surface area contributed by atoms with Gasteiger partial charge in [0.25, 0.3) is 0 Å². The van der Waals surface area contributed by atoms with E-state index >= 15 is 0 Å². The highest BCUT2D eigenvalue weighted by Crippen LogP contribution is 2.15. The zero-order valence-corrected chi connectivity index (χ0v) is 10.6. The highest BCUT2D eigenvalue weighted by Gasteiger charge is 2.20. The first-order chi connectivity index (χ1) is 8.69. The van der Waals surface area contributed by atoms with Gasteiger partial charge in [-0.05, 0) is 6.92 Å². The van der Waals surface area contributed by atoms with Crippen molar-refractivity contribution in [2.75, 3.05) is 50.0 Å². The first kappa shape index (κ1) is 12.7. The third-order valence-corrected chi connectivity index (χ3v) is 2.94. The summed E-state index contributed by atoms with van der Waals surface area (Å²) in [5, 5.41) is 6.85. The standard InChI is InChI=1S/C11H19N5O2/c1-2-18-11(17)8-15-3-5-16(6-4-15)10-7-9(12)13-14-10/h7H,2-6,8H2,1H3,(H3,12,13,14). The summed E-state index contributed by atoms with van der Waals surface area (Å²) in [6.45, 7) is 5.94. The molecule has 1 aromatic rings. The molecule has 3 N–H and O–H groups in total. The second-order valence-corrected chi connectivity index (χ2v) is 4.25. The van der Waals surface area contributed by atoms with Crippen molar-refractivity contribution < 1.29 is 9.53 Å². The van der Waals surface area contributed by atoms with Crippen LogP contribution in [0.4, 0.5) is 11.6 Å². The number of carbonyl (C=O) groups is 1. The predicted molar refractivity (Wildman–Crippen MR) is 68.3 cm³/mol. The van der Waals surface area contributed by atoms with Gasteiger partial charge in [0.2, 0.25) is 0 Å². The number of ether oxygens (including phenoxy) is 1. The molecule has 7 nitrogen and oxygen atoms in total. The molecule has 1 aromatic heterocycles. The van der Waals surface area contributed by atoms with Crippen LogP contribution >= 0.6 is 0 Å². The van der Waals surface area contributed by atoms with Crippen LogP contribution in [0.5, 0.6) is 0 Å². The smallest absolute Gasteiger partial charge is 0.320 e. The SMILES string of the molecule is CCOC(=O)CN1CCN(c2cc(N)[nH]n2)CC1. The topological polar surface area (TPSA) is 87.5 Å².